The van der Waals surface area contributed by atoms with Crippen molar-refractivity contribution < 1.29 is 4.79 Å². The van der Waals surface area contributed by atoms with Gasteiger partial charge >= 0.3 is 0 Å². The van der Waals surface area contributed by atoms with Crippen LogP contribution in [0.5, 0.6) is 0 Å². The summed E-state index contributed by atoms with van der Waals surface area (Å²) < 4.78 is 0. The summed E-state index contributed by atoms with van der Waals surface area (Å²) in [6, 6.07) is 12.5. The molecule has 2 rings (SSSR count). The Labute approximate surface area is 133 Å². The zero-order valence-corrected chi connectivity index (χ0v) is 14.2. The summed E-state index contributed by atoms with van der Waals surface area (Å²) in [6.07, 6.45) is 0.874. The summed E-state index contributed by atoms with van der Waals surface area (Å²) in [6.45, 7) is 10.3. The smallest absolute Gasteiger partial charge is 0.252 e. The van der Waals surface area contributed by atoms with Crippen molar-refractivity contribution in [2.24, 2.45) is 0 Å². The van der Waals surface area contributed by atoms with Gasteiger partial charge in [-0.05, 0) is 62.4 Å². The van der Waals surface area contributed by atoms with Crippen LogP contribution in [0.4, 0.5) is 0 Å². The molecule has 0 aliphatic rings. The van der Waals surface area contributed by atoms with Crippen molar-refractivity contribution in [3.8, 4) is 0 Å². The average molecular weight is 295 g/mol. The molecule has 0 radical (unpaired) electrons. The van der Waals surface area contributed by atoms with E-state index in [4.69, 9.17) is 0 Å². The number of aryl methyl sites for hydroxylation is 4. The number of carbonyl (C=O) groups is 1. The maximum absolute atomic E-state index is 12.6. The molecule has 1 amide bonds. The molecule has 1 atom stereocenters. The minimum Gasteiger partial charge on any atom is -0.345 e. The lowest BCUT2D eigenvalue weighted by Gasteiger charge is -2.19. The fourth-order valence-corrected chi connectivity index (χ4v) is 2.66. The third kappa shape index (κ3) is 3.56. The van der Waals surface area contributed by atoms with E-state index in [2.05, 4.69) is 56.4 Å². The Bertz CT molecular complexity index is 671. The Morgan fingerprint density at radius 1 is 0.955 bits per heavy atom. The molecule has 2 aromatic carbocycles. The lowest BCUT2D eigenvalue weighted by atomic mass is 9.98. The zero-order valence-electron chi connectivity index (χ0n) is 14.2. The van der Waals surface area contributed by atoms with Gasteiger partial charge < -0.3 is 5.32 Å². The van der Waals surface area contributed by atoms with Crippen molar-refractivity contribution in [2.75, 3.05) is 0 Å². The van der Waals surface area contributed by atoms with Crippen LogP contribution in [0.25, 0.3) is 0 Å². The van der Waals surface area contributed by atoms with Gasteiger partial charge in [0.1, 0.15) is 0 Å². The summed E-state index contributed by atoms with van der Waals surface area (Å²) in [7, 11) is 0. The van der Waals surface area contributed by atoms with Gasteiger partial charge in [-0.25, -0.2) is 0 Å². The van der Waals surface area contributed by atoms with E-state index in [9.17, 15) is 4.79 Å². The molecular weight excluding hydrogens is 270 g/mol. The lowest BCUT2D eigenvalue weighted by Crippen LogP contribution is -2.28. The number of hydrogen-bond donors (Lipinski definition) is 1. The number of amides is 1. The molecule has 116 valence electrons. The standard InChI is InChI=1S/C20H25NO/c1-6-19(17-9-7-13(2)8-10-17)21-20(22)18-12-15(4)14(3)11-16(18)5/h7-12,19H,6H2,1-5H3,(H,21,22)/t19-/m1/s1. The van der Waals surface area contributed by atoms with Crippen molar-refractivity contribution in [3.05, 3.63) is 69.8 Å². The summed E-state index contributed by atoms with van der Waals surface area (Å²) in [4.78, 5) is 12.6. The number of benzene rings is 2. The summed E-state index contributed by atoms with van der Waals surface area (Å²) in [5.41, 5.74) is 6.56. The first-order valence-electron chi connectivity index (χ1n) is 7.87. The Kier molecular flexibility index (Phi) is 5.02. The van der Waals surface area contributed by atoms with Crippen molar-refractivity contribution in [1.29, 1.82) is 0 Å². The largest absolute Gasteiger partial charge is 0.345 e. The maximum Gasteiger partial charge on any atom is 0.252 e. The van der Waals surface area contributed by atoms with E-state index in [-0.39, 0.29) is 11.9 Å². The highest BCUT2D eigenvalue weighted by atomic mass is 16.1. The first-order chi connectivity index (χ1) is 10.4. The molecule has 0 unspecified atom stereocenters. The van der Waals surface area contributed by atoms with Crippen LogP contribution in [0.3, 0.4) is 0 Å². The van der Waals surface area contributed by atoms with E-state index in [0.717, 1.165) is 28.7 Å². The highest BCUT2D eigenvalue weighted by molar-refractivity contribution is 5.96. The molecule has 0 aromatic heterocycles. The number of hydrogen-bond acceptors (Lipinski definition) is 1. The highest BCUT2D eigenvalue weighted by Gasteiger charge is 2.16. The van der Waals surface area contributed by atoms with Crippen LogP contribution < -0.4 is 5.32 Å². The zero-order chi connectivity index (χ0) is 16.3. The molecule has 0 heterocycles. The van der Waals surface area contributed by atoms with Gasteiger partial charge in [0.2, 0.25) is 0 Å². The van der Waals surface area contributed by atoms with Crippen molar-refractivity contribution >= 4 is 5.91 Å². The number of carbonyl (C=O) groups excluding carboxylic acids is 1. The highest BCUT2D eigenvalue weighted by Crippen LogP contribution is 2.20. The SMILES string of the molecule is CC[C@@H](NC(=O)c1cc(C)c(C)cc1C)c1ccc(C)cc1. The Morgan fingerprint density at radius 3 is 2.14 bits per heavy atom. The molecule has 0 saturated heterocycles. The molecule has 22 heavy (non-hydrogen) atoms. The summed E-state index contributed by atoms with van der Waals surface area (Å²) in [5, 5.41) is 3.17. The van der Waals surface area contributed by atoms with E-state index < -0.39 is 0 Å². The van der Waals surface area contributed by atoms with Crippen LogP contribution in [0.1, 0.15) is 57.6 Å². The molecule has 0 aliphatic heterocycles. The molecule has 0 fully saturated rings. The predicted octanol–water partition coefficient (Wildman–Crippen LogP) is 4.80. The second-order valence-corrected chi connectivity index (χ2v) is 6.10. The van der Waals surface area contributed by atoms with Crippen molar-refractivity contribution in [2.45, 2.75) is 47.1 Å². The van der Waals surface area contributed by atoms with Crippen LogP contribution in [0.2, 0.25) is 0 Å². The molecule has 0 saturated carbocycles. The van der Waals surface area contributed by atoms with Gasteiger partial charge in [-0.2, -0.15) is 0 Å². The van der Waals surface area contributed by atoms with Gasteiger partial charge in [0.15, 0.2) is 0 Å². The van der Waals surface area contributed by atoms with Gasteiger partial charge in [0.05, 0.1) is 6.04 Å². The fourth-order valence-electron chi connectivity index (χ4n) is 2.66. The van der Waals surface area contributed by atoms with E-state index in [1.54, 1.807) is 0 Å². The van der Waals surface area contributed by atoms with Crippen molar-refractivity contribution in [1.82, 2.24) is 5.32 Å². The number of nitrogens with one attached hydrogen (secondary N) is 1. The van der Waals surface area contributed by atoms with Gasteiger partial charge in [-0.15, -0.1) is 0 Å². The van der Waals surface area contributed by atoms with Crippen LogP contribution in [-0.4, -0.2) is 5.91 Å². The minimum atomic E-state index is 0.00743. The lowest BCUT2D eigenvalue weighted by molar-refractivity contribution is 0.0935. The Hall–Kier alpha value is -2.09. The average Bonchev–Trinajstić information content (AvgIpc) is 2.49. The molecule has 1 N–H and O–H groups in total. The second-order valence-electron chi connectivity index (χ2n) is 6.10. The first kappa shape index (κ1) is 16.3. The quantitative estimate of drug-likeness (QED) is 0.862. The van der Waals surface area contributed by atoms with Crippen molar-refractivity contribution in [3.63, 3.8) is 0 Å². The number of rotatable bonds is 4. The van der Waals surface area contributed by atoms with E-state index in [1.165, 1.54) is 11.1 Å². The molecule has 0 bridgehead atoms. The molecule has 0 spiro atoms. The molecular formula is C20H25NO. The van der Waals surface area contributed by atoms with Crippen LogP contribution in [0, 0.1) is 27.7 Å². The summed E-state index contributed by atoms with van der Waals surface area (Å²) in [5.74, 6) is 0.00743. The van der Waals surface area contributed by atoms with Crippen LogP contribution in [-0.2, 0) is 0 Å². The first-order valence-corrected chi connectivity index (χ1v) is 7.87. The fraction of sp³-hybridized carbons (Fsp3) is 0.350. The molecule has 2 nitrogen and oxygen atoms in total. The molecule has 0 aliphatic carbocycles. The Morgan fingerprint density at radius 2 is 1.55 bits per heavy atom. The van der Waals surface area contributed by atoms with Crippen LogP contribution in [0.15, 0.2) is 36.4 Å². The maximum atomic E-state index is 12.6. The van der Waals surface area contributed by atoms with Gasteiger partial charge in [0, 0.05) is 5.56 Å². The monoisotopic (exact) mass is 295 g/mol. The normalized spacial score (nSPS) is 12.0. The second kappa shape index (κ2) is 6.78. The minimum absolute atomic E-state index is 0.00743. The van der Waals surface area contributed by atoms with E-state index in [1.807, 2.05) is 19.9 Å². The van der Waals surface area contributed by atoms with E-state index >= 15 is 0 Å². The third-order valence-corrected chi connectivity index (χ3v) is 4.28. The van der Waals surface area contributed by atoms with E-state index in [0.29, 0.717) is 0 Å². The molecule has 2 aromatic rings. The van der Waals surface area contributed by atoms with Gasteiger partial charge in [-0.3, -0.25) is 4.79 Å². The van der Waals surface area contributed by atoms with Crippen LogP contribution >= 0.6 is 0 Å². The third-order valence-electron chi connectivity index (χ3n) is 4.28. The topological polar surface area (TPSA) is 29.1 Å². The predicted molar refractivity (Wildman–Crippen MR) is 92.3 cm³/mol. The van der Waals surface area contributed by atoms with Gasteiger partial charge in [0.25, 0.3) is 5.91 Å². The van der Waals surface area contributed by atoms with Gasteiger partial charge in [-0.1, -0.05) is 42.8 Å². The summed E-state index contributed by atoms with van der Waals surface area (Å²) >= 11 is 0. The Balaban J connectivity index is 2.23. The molecule has 2 heteroatoms.